The van der Waals surface area contributed by atoms with Crippen molar-refractivity contribution in [3.05, 3.63) is 52.3 Å². The van der Waals surface area contributed by atoms with Crippen LogP contribution in [0.25, 0.3) is 11.3 Å². The van der Waals surface area contributed by atoms with E-state index in [1.807, 2.05) is 19.1 Å². The Bertz CT molecular complexity index is 819. The number of carboxylic acid groups (broad SMARTS) is 1. The highest BCUT2D eigenvalue weighted by atomic mass is 16.4. The number of aromatic carboxylic acids is 1. The van der Waals surface area contributed by atoms with E-state index in [2.05, 4.69) is 29.0 Å². The number of aryl methyl sites for hydroxylation is 1. The van der Waals surface area contributed by atoms with Crippen LogP contribution in [0.2, 0.25) is 0 Å². The minimum Gasteiger partial charge on any atom is -0.477 e. The molecule has 0 saturated carbocycles. The van der Waals surface area contributed by atoms with E-state index in [1.165, 1.54) is 18.0 Å². The number of carbonyl (C=O) groups is 1. The summed E-state index contributed by atoms with van der Waals surface area (Å²) in [6.07, 6.45) is 1.42. The Morgan fingerprint density at radius 1 is 1.12 bits per heavy atom. The molecule has 2 aromatic rings. The normalized spacial score (nSPS) is 15.4. The zero-order valence-corrected chi connectivity index (χ0v) is 14.6. The molecule has 132 valence electrons. The summed E-state index contributed by atoms with van der Waals surface area (Å²) in [7, 11) is 2.13. The first-order chi connectivity index (χ1) is 12.0. The fraction of sp³-hybridized carbons (Fsp3) is 0.368. The molecular weight excluding hydrogens is 318 g/mol. The quantitative estimate of drug-likeness (QED) is 0.921. The van der Waals surface area contributed by atoms with E-state index in [4.69, 9.17) is 5.11 Å². The van der Waals surface area contributed by atoms with E-state index in [0.29, 0.717) is 6.54 Å². The molecule has 3 rings (SSSR count). The fourth-order valence-electron chi connectivity index (χ4n) is 3.15. The maximum atomic E-state index is 12.1. The third-order valence-corrected chi connectivity index (χ3v) is 4.73. The van der Waals surface area contributed by atoms with Crippen molar-refractivity contribution in [1.82, 2.24) is 9.47 Å². The molecule has 1 aromatic carbocycles. The molecule has 25 heavy (non-hydrogen) atoms. The van der Waals surface area contributed by atoms with Gasteiger partial charge in [0.25, 0.3) is 0 Å². The standard InChI is InChI=1S/C19H23N3O3/c1-3-21-13-16(19(24)25)18(23)12-17(21)14-4-6-15(7-5-14)22-10-8-20(2)9-11-22/h4-7,12-13H,3,8-11H2,1-2H3,(H,24,25). The van der Waals surface area contributed by atoms with Crippen molar-refractivity contribution in [2.45, 2.75) is 13.5 Å². The summed E-state index contributed by atoms with van der Waals surface area (Å²) in [5.74, 6) is -1.19. The van der Waals surface area contributed by atoms with E-state index in [9.17, 15) is 9.59 Å². The summed E-state index contributed by atoms with van der Waals surface area (Å²) in [5, 5.41) is 9.12. The molecule has 0 spiro atoms. The van der Waals surface area contributed by atoms with Crippen molar-refractivity contribution in [2.24, 2.45) is 0 Å². The van der Waals surface area contributed by atoms with Crippen LogP contribution in [0.15, 0.2) is 41.3 Å². The molecule has 6 nitrogen and oxygen atoms in total. The van der Waals surface area contributed by atoms with Crippen molar-refractivity contribution in [3.8, 4) is 11.3 Å². The number of hydrogen-bond donors (Lipinski definition) is 1. The van der Waals surface area contributed by atoms with E-state index in [-0.39, 0.29) is 5.56 Å². The number of pyridine rings is 1. The maximum absolute atomic E-state index is 12.1. The van der Waals surface area contributed by atoms with Crippen LogP contribution in [-0.4, -0.2) is 53.8 Å². The van der Waals surface area contributed by atoms with Crippen molar-refractivity contribution >= 4 is 11.7 Å². The van der Waals surface area contributed by atoms with Gasteiger partial charge in [0.2, 0.25) is 0 Å². The van der Waals surface area contributed by atoms with E-state index >= 15 is 0 Å². The second-order valence-electron chi connectivity index (χ2n) is 6.36. The molecule has 1 aromatic heterocycles. The van der Waals surface area contributed by atoms with Gasteiger partial charge in [0.05, 0.1) is 5.69 Å². The van der Waals surface area contributed by atoms with E-state index < -0.39 is 11.4 Å². The summed E-state index contributed by atoms with van der Waals surface area (Å²) in [5.41, 5.74) is 2.16. The maximum Gasteiger partial charge on any atom is 0.341 e. The average Bonchev–Trinajstić information content (AvgIpc) is 2.62. The average molecular weight is 341 g/mol. The summed E-state index contributed by atoms with van der Waals surface area (Å²) < 4.78 is 1.80. The van der Waals surface area contributed by atoms with Crippen molar-refractivity contribution in [1.29, 1.82) is 0 Å². The van der Waals surface area contributed by atoms with Gasteiger partial charge in [0.15, 0.2) is 5.43 Å². The molecular formula is C19H23N3O3. The predicted molar refractivity (Wildman–Crippen MR) is 98.5 cm³/mol. The Hall–Kier alpha value is -2.60. The zero-order valence-electron chi connectivity index (χ0n) is 14.6. The SMILES string of the molecule is CCn1cc(C(=O)O)c(=O)cc1-c1ccc(N2CCN(C)CC2)cc1. The minimum atomic E-state index is -1.19. The Morgan fingerprint density at radius 3 is 2.32 bits per heavy atom. The highest BCUT2D eigenvalue weighted by molar-refractivity contribution is 5.87. The van der Waals surface area contributed by atoms with Crippen LogP contribution in [0.4, 0.5) is 5.69 Å². The molecule has 0 unspecified atom stereocenters. The lowest BCUT2D eigenvalue weighted by molar-refractivity contribution is 0.0694. The van der Waals surface area contributed by atoms with Gasteiger partial charge in [-0.1, -0.05) is 12.1 Å². The number of aromatic nitrogens is 1. The van der Waals surface area contributed by atoms with Gasteiger partial charge >= 0.3 is 5.97 Å². The molecule has 1 fully saturated rings. The molecule has 1 saturated heterocycles. The monoisotopic (exact) mass is 341 g/mol. The number of rotatable bonds is 4. The minimum absolute atomic E-state index is 0.195. The highest BCUT2D eigenvalue weighted by Crippen LogP contribution is 2.23. The Kier molecular flexibility index (Phi) is 4.90. The summed E-state index contributed by atoms with van der Waals surface area (Å²) in [6.45, 7) is 6.63. The van der Waals surface area contributed by atoms with Crippen LogP contribution in [0.5, 0.6) is 0 Å². The second kappa shape index (κ2) is 7.11. The molecule has 6 heteroatoms. The van der Waals surface area contributed by atoms with Crippen LogP contribution in [-0.2, 0) is 6.54 Å². The first kappa shape index (κ1) is 17.2. The third kappa shape index (κ3) is 3.58. The summed E-state index contributed by atoms with van der Waals surface area (Å²) in [6, 6.07) is 9.54. The van der Waals surface area contributed by atoms with E-state index in [0.717, 1.165) is 37.4 Å². The van der Waals surface area contributed by atoms with Gasteiger partial charge in [0.1, 0.15) is 5.56 Å². The second-order valence-corrected chi connectivity index (χ2v) is 6.36. The van der Waals surface area contributed by atoms with Crippen LogP contribution < -0.4 is 10.3 Å². The smallest absolute Gasteiger partial charge is 0.341 e. The number of carboxylic acids is 1. The third-order valence-electron chi connectivity index (χ3n) is 4.73. The zero-order chi connectivity index (χ0) is 18.0. The molecule has 1 aliphatic heterocycles. The van der Waals surface area contributed by atoms with Gasteiger partial charge in [-0.3, -0.25) is 4.79 Å². The van der Waals surface area contributed by atoms with Gasteiger partial charge in [0, 0.05) is 50.7 Å². The van der Waals surface area contributed by atoms with Crippen molar-refractivity contribution in [2.75, 3.05) is 38.1 Å². The number of piperazine rings is 1. The number of likely N-dealkylation sites (N-methyl/N-ethyl adjacent to an activating group) is 1. The number of benzene rings is 1. The van der Waals surface area contributed by atoms with Gasteiger partial charge < -0.3 is 19.5 Å². The molecule has 1 N–H and O–H groups in total. The molecule has 1 aliphatic rings. The topological polar surface area (TPSA) is 65.8 Å². The van der Waals surface area contributed by atoms with Crippen molar-refractivity contribution in [3.63, 3.8) is 0 Å². The molecule has 0 aliphatic carbocycles. The number of nitrogens with zero attached hydrogens (tertiary/aromatic N) is 3. The molecule has 0 amide bonds. The molecule has 2 heterocycles. The fourth-order valence-corrected chi connectivity index (χ4v) is 3.15. The van der Waals surface area contributed by atoms with Gasteiger partial charge in [-0.25, -0.2) is 4.79 Å². The number of hydrogen-bond acceptors (Lipinski definition) is 4. The lowest BCUT2D eigenvalue weighted by Gasteiger charge is -2.34. The van der Waals surface area contributed by atoms with Crippen LogP contribution in [0.3, 0.4) is 0 Å². The summed E-state index contributed by atoms with van der Waals surface area (Å²) >= 11 is 0. The Balaban J connectivity index is 1.91. The van der Waals surface area contributed by atoms with Crippen LogP contribution in [0.1, 0.15) is 17.3 Å². The highest BCUT2D eigenvalue weighted by Gasteiger charge is 2.16. The van der Waals surface area contributed by atoms with Gasteiger partial charge in [-0.2, -0.15) is 0 Å². The summed E-state index contributed by atoms with van der Waals surface area (Å²) in [4.78, 5) is 27.9. The molecule has 0 bridgehead atoms. The first-order valence-electron chi connectivity index (χ1n) is 8.51. The lowest BCUT2D eigenvalue weighted by atomic mass is 10.1. The van der Waals surface area contributed by atoms with Gasteiger partial charge in [-0.05, 0) is 31.7 Å². The van der Waals surface area contributed by atoms with Crippen molar-refractivity contribution < 1.29 is 9.90 Å². The largest absolute Gasteiger partial charge is 0.477 e. The Morgan fingerprint density at radius 2 is 1.76 bits per heavy atom. The molecule has 0 radical (unpaired) electrons. The first-order valence-corrected chi connectivity index (χ1v) is 8.51. The molecule has 0 atom stereocenters. The van der Waals surface area contributed by atoms with Gasteiger partial charge in [-0.15, -0.1) is 0 Å². The van der Waals surface area contributed by atoms with Crippen LogP contribution in [0, 0.1) is 0 Å². The van der Waals surface area contributed by atoms with Crippen LogP contribution >= 0.6 is 0 Å². The Labute approximate surface area is 146 Å². The predicted octanol–water partition coefficient (Wildman–Crippen LogP) is 1.99. The number of anilines is 1. The van der Waals surface area contributed by atoms with E-state index in [1.54, 1.807) is 4.57 Å². The lowest BCUT2D eigenvalue weighted by Crippen LogP contribution is -2.44.